The molecule has 0 aliphatic carbocycles. The lowest BCUT2D eigenvalue weighted by atomic mass is 10.2. The van der Waals surface area contributed by atoms with E-state index in [1.807, 2.05) is 6.92 Å². The Labute approximate surface area is 161 Å². The first-order valence-corrected chi connectivity index (χ1v) is 9.95. The van der Waals surface area contributed by atoms with E-state index < -0.39 is 20.9 Å². The molecule has 10 heteroatoms. The molecule has 1 amide bonds. The van der Waals surface area contributed by atoms with Gasteiger partial charge in [-0.3, -0.25) is 14.9 Å². The molecule has 0 heterocycles. The van der Waals surface area contributed by atoms with Crippen LogP contribution in [0.25, 0.3) is 0 Å². The number of hydrogen-bond acceptors (Lipinski definition) is 5. The van der Waals surface area contributed by atoms with Crippen molar-refractivity contribution in [2.24, 2.45) is 0 Å². The van der Waals surface area contributed by atoms with Gasteiger partial charge < -0.3 is 5.32 Å². The van der Waals surface area contributed by atoms with Crippen LogP contribution in [0.5, 0.6) is 0 Å². The lowest BCUT2D eigenvalue weighted by Crippen LogP contribution is -2.24. The highest BCUT2D eigenvalue weighted by Gasteiger charge is 2.17. The Morgan fingerprint density at radius 3 is 2.59 bits per heavy atom. The minimum atomic E-state index is -3.68. The molecule has 2 rings (SSSR count). The fourth-order valence-corrected chi connectivity index (χ4v) is 3.59. The molecule has 0 saturated carbocycles. The molecular formula is C17H18ClN3O5S. The molecule has 2 N–H and O–H groups in total. The maximum absolute atomic E-state index is 12.4. The summed E-state index contributed by atoms with van der Waals surface area (Å²) in [6.45, 7) is 2.28. The molecule has 0 aromatic heterocycles. The van der Waals surface area contributed by atoms with Crippen LogP contribution in [0.4, 0.5) is 11.4 Å². The largest absolute Gasteiger partial charge is 0.322 e. The quantitative estimate of drug-likeness (QED) is 0.391. The number of amides is 1. The van der Waals surface area contributed by atoms with Crippen LogP contribution < -0.4 is 10.0 Å². The van der Waals surface area contributed by atoms with Gasteiger partial charge in [0, 0.05) is 24.4 Å². The van der Waals surface area contributed by atoms with E-state index in [1.165, 1.54) is 36.4 Å². The van der Waals surface area contributed by atoms with Gasteiger partial charge in [-0.25, -0.2) is 13.1 Å². The van der Waals surface area contributed by atoms with Crippen molar-refractivity contribution in [3.8, 4) is 0 Å². The SMILES string of the molecule is CCCCNS(=O)(=O)c1cccc(NC(=O)c2ccc([N+](=O)[O-])cc2Cl)c1. The minimum absolute atomic E-state index is 0.0196. The molecule has 0 unspecified atom stereocenters. The number of benzene rings is 2. The summed E-state index contributed by atoms with van der Waals surface area (Å²) in [4.78, 5) is 22.5. The zero-order valence-electron chi connectivity index (χ0n) is 14.4. The summed E-state index contributed by atoms with van der Waals surface area (Å²) in [5.74, 6) is -0.608. The average Bonchev–Trinajstić information content (AvgIpc) is 2.61. The number of rotatable bonds is 8. The van der Waals surface area contributed by atoms with Gasteiger partial charge in [-0.05, 0) is 30.7 Å². The van der Waals surface area contributed by atoms with E-state index in [-0.39, 0.29) is 26.9 Å². The molecule has 0 aliphatic heterocycles. The Kier molecular flexibility index (Phi) is 6.89. The Bertz CT molecular complexity index is 963. The van der Waals surface area contributed by atoms with Gasteiger partial charge in [0.05, 0.1) is 20.4 Å². The van der Waals surface area contributed by atoms with Crippen LogP contribution in [0.3, 0.4) is 0 Å². The van der Waals surface area contributed by atoms with Crippen LogP contribution in [0, 0.1) is 10.1 Å². The maximum atomic E-state index is 12.4. The number of sulfonamides is 1. The third-order valence-electron chi connectivity index (χ3n) is 3.63. The van der Waals surface area contributed by atoms with Gasteiger partial charge in [-0.15, -0.1) is 0 Å². The van der Waals surface area contributed by atoms with Crippen molar-refractivity contribution in [1.29, 1.82) is 0 Å². The minimum Gasteiger partial charge on any atom is -0.322 e. The molecule has 0 saturated heterocycles. The number of nitro benzene ring substituents is 1. The normalized spacial score (nSPS) is 11.2. The predicted octanol–water partition coefficient (Wildman–Crippen LogP) is 3.58. The van der Waals surface area contributed by atoms with E-state index in [9.17, 15) is 23.3 Å². The molecule has 0 bridgehead atoms. The van der Waals surface area contributed by atoms with Gasteiger partial charge in [0.25, 0.3) is 11.6 Å². The number of non-ortho nitro benzene ring substituents is 1. The van der Waals surface area contributed by atoms with Crippen molar-refractivity contribution in [2.45, 2.75) is 24.7 Å². The fraction of sp³-hybridized carbons (Fsp3) is 0.235. The molecule has 0 radical (unpaired) electrons. The van der Waals surface area contributed by atoms with Gasteiger partial charge in [-0.2, -0.15) is 0 Å². The number of nitrogens with zero attached hydrogens (tertiary/aromatic N) is 1. The first-order valence-electron chi connectivity index (χ1n) is 8.09. The third-order valence-corrected chi connectivity index (χ3v) is 5.40. The number of unbranched alkanes of at least 4 members (excludes halogenated alkanes) is 1. The van der Waals surface area contributed by atoms with Crippen molar-refractivity contribution in [2.75, 3.05) is 11.9 Å². The monoisotopic (exact) mass is 411 g/mol. The van der Waals surface area contributed by atoms with Crippen molar-refractivity contribution < 1.29 is 18.1 Å². The Balaban J connectivity index is 2.18. The first kappa shape index (κ1) is 20.8. The molecule has 0 spiro atoms. The summed E-state index contributed by atoms with van der Waals surface area (Å²) in [6, 6.07) is 9.26. The number of nitrogens with one attached hydrogen (secondary N) is 2. The fourth-order valence-electron chi connectivity index (χ4n) is 2.21. The van der Waals surface area contributed by atoms with Crippen LogP contribution in [0.15, 0.2) is 47.4 Å². The van der Waals surface area contributed by atoms with Gasteiger partial charge >= 0.3 is 0 Å². The van der Waals surface area contributed by atoms with E-state index in [0.717, 1.165) is 12.5 Å². The Hall–Kier alpha value is -2.49. The van der Waals surface area contributed by atoms with E-state index in [2.05, 4.69) is 10.0 Å². The summed E-state index contributed by atoms with van der Waals surface area (Å²) in [5, 5.41) is 13.2. The second-order valence-electron chi connectivity index (χ2n) is 5.65. The highest BCUT2D eigenvalue weighted by atomic mass is 35.5. The zero-order valence-corrected chi connectivity index (χ0v) is 16.0. The van der Waals surface area contributed by atoms with Crippen LogP contribution in [-0.4, -0.2) is 25.8 Å². The summed E-state index contributed by atoms with van der Waals surface area (Å²) < 4.78 is 27.0. The molecule has 8 nitrogen and oxygen atoms in total. The molecule has 0 atom stereocenters. The van der Waals surface area contributed by atoms with Gasteiger partial charge in [-0.1, -0.05) is 31.0 Å². The number of carbonyl (C=O) groups excluding carboxylic acids is 1. The van der Waals surface area contributed by atoms with Gasteiger partial charge in [0.15, 0.2) is 0 Å². The molecule has 2 aromatic carbocycles. The van der Waals surface area contributed by atoms with Crippen molar-refractivity contribution in [3.05, 3.63) is 63.2 Å². The third kappa shape index (κ3) is 5.49. The van der Waals surface area contributed by atoms with E-state index in [1.54, 1.807) is 0 Å². The molecule has 0 aliphatic rings. The van der Waals surface area contributed by atoms with Crippen LogP contribution >= 0.6 is 11.6 Å². The molecular weight excluding hydrogens is 394 g/mol. The van der Waals surface area contributed by atoms with Crippen molar-refractivity contribution in [3.63, 3.8) is 0 Å². The smallest absolute Gasteiger partial charge is 0.270 e. The van der Waals surface area contributed by atoms with E-state index in [0.29, 0.717) is 13.0 Å². The number of hydrogen-bond donors (Lipinski definition) is 2. The van der Waals surface area contributed by atoms with E-state index >= 15 is 0 Å². The second-order valence-corrected chi connectivity index (χ2v) is 7.83. The molecule has 2 aromatic rings. The van der Waals surface area contributed by atoms with Gasteiger partial charge in [0.1, 0.15) is 0 Å². The standard InChI is InChI=1S/C17H18ClN3O5S/c1-2-3-9-19-27(25,26)14-6-4-5-12(10-14)20-17(22)15-8-7-13(21(23)24)11-16(15)18/h4-8,10-11,19H,2-3,9H2,1H3,(H,20,22). The Morgan fingerprint density at radius 2 is 1.96 bits per heavy atom. The van der Waals surface area contributed by atoms with Crippen LogP contribution in [0.2, 0.25) is 5.02 Å². The predicted molar refractivity (Wildman–Crippen MR) is 103 cm³/mol. The molecule has 27 heavy (non-hydrogen) atoms. The number of anilines is 1. The highest BCUT2D eigenvalue weighted by Crippen LogP contribution is 2.24. The first-order chi connectivity index (χ1) is 12.7. The van der Waals surface area contributed by atoms with E-state index in [4.69, 9.17) is 11.6 Å². The number of nitro groups is 1. The highest BCUT2D eigenvalue weighted by molar-refractivity contribution is 7.89. The summed E-state index contributed by atoms with van der Waals surface area (Å²) in [6.07, 6.45) is 1.57. The average molecular weight is 412 g/mol. The molecule has 0 fully saturated rings. The topological polar surface area (TPSA) is 118 Å². The van der Waals surface area contributed by atoms with Crippen LogP contribution in [-0.2, 0) is 10.0 Å². The van der Waals surface area contributed by atoms with Crippen molar-refractivity contribution in [1.82, 2.24) is 4.72 Å². The summed E-state index contributed by atoms with van der Waals surface area (Å²) >= 11 is 5.94. The Morgan fingerprint density at radius 1 is 1.22 bits per heavy atom. The second kappa shape index (κ2) is 8.94. The number of carbonyl (C=O) groups is 1. The van der Waals surface area contributed by atoms with Crippen LogP contribution in [0.1, 0.15) is 30.1 Å². The zero-order chi connectivity index (χ0) is 20.0. The summed E-state index contributed by atoms with van der Waals surface area (Å²) in [7, 11) is -3.68. The maximum Gasteiger partial charge on any atom is 0.270 e. The lowest BCUT2D eigenvalue weighted by molar-refractivity contribution is -0.384. The van der Waals surface area contributed by atoms with Gasteiger partial charge in [0.2, 0.25) is 10.0 Å². The lowest BCUT2D eigenvalue weighted by Gasteiger charge is -2.10. The number of halogens is 1. The van der Waals surface area contributed by atoms with Crippen molar-refractivity contribution >= 4 is 38.9 Å². The summed E-state index contributed by atoms with van der Waals surface area (Å²) in [5.41, 5.74) is 0.0622. The molecule has 144 valence electrons.